The molecule has 1 N–H and O–H groups in total. The van der Waals surface area contributed by atoms with Gasteiger partial charge in [0.2, 0.25) is 0 Å². The summed E-state index contributed by atoms with van der Waals surface area (Å²) in [5.41, 5.74) is 9.16. The molecule has 5 heteroatoms. The van der Waals surface area contributed by atoms with Crippen molar-refractivity contribution in [1.82, 2.24) is 0 Å². The van der Waals surface area contributed by atoms with Crippen LogP contribution in [-0.4, -0.2) is 11.2 Å². The molecule has 1 aliphatic heterocycles. The van der Waals surface area contributed by atoms with Crippen molar-refractivity contribution in [1.29, 1.82) is 0 Å². The molecule has 266 valence electrons. The summed E-state index contributed by atoms with van der Waals surface area (Å²) < 4.78 is 14.6. The summed E-state index contributed by atoms with van der Waals surface area (Å²) in [4.78, 5) is 1.07. The third kappa shape index (κ3) is 8.41. The van der Waals surface area contributed by atoms with Crippen molar-refractivity contribution in [3.8, 4) is 5.75 Å². The third-order valence-corrected chi connectivity index (χ3v) is 12.6. The zero-order valence-electron chi connectivity index (χ0n) is 33.5. The van der Waals surface area contributed by atoms with Crippen LogP contribution in [0.4, 0.5) is 0 Å². The molecule has 3 nitrogen and oxygen atoms in total. The van der Waals surface area contributed by atoms with E-state index in [0.717, 1.165) is 34.6 Å². The van der Waals surface area contributed by atoms with Crippen molar-refractivity contribution in [3.63, 3.8) is 0 Å². The molecule has 0 spiro atoms. The predicted molar refractivity (Wildman–Crippen MR) is 210 cm³/mol. The van der Waals surface area contributed by atoms with Crippen LogP contribution in [0.25, 0.3) is 0 Å². The first-order chi connectivity index (χ1) is 21.5. The van der Waals surface area contributed by atoms with Gasteiger partial charge >= 0.3 is 7.58 Å². The topological polar surface area (TPSA) is 38.7 Å². The Labute approximate surface area is 299 Å². The van der Waals surface area contributed by atoms with Crippen LogP contribution in [0.3, 0.4) is 0 Å². The molecule has 1 aromatic carbocycles. The van der Waals surface area contributed by atoms with E-state index < -0.39 is 7.58 Å². The van der Waals surface area contributed by atoms with Gasteiger partial charge in [-0.3, -0.25) is 0 Å². The molecule has 1 heterocycles. The van der Waals surface area contributed by atoms with Gasteiger partial charge in [0.05, 0.1) is 0 Å². The highest BCUT2D eigenvalue weighted by molar-refractivity contribution is 8.52. The molecule has 0 bridgehead atoms. The highest BCUT2D eigenvalue weighted by Crippen LogP contribution is 2.64. The summed E-state index contributed by atoms with van der Waals surface area (Å²) in [6, 6.07) is 4.32. The molecule has 2 atom stereocenters. The largest absolute Gasteiger partial charge is 0.507 e. The van der Waals surface area contributed by atoms with Crippen molar-refractivity contribution in [2.45, 2.75) is 159 Å². The summed E-state index contributed by atoms with van der Waals surface area (Å²) in [7, 11) is -1.49. The zero-order chi connectivity index (χ0) is 36.6. The van der Waals surface area contributed by atoms with Gasteiger partial charge < -0.3 is 14.2 Å². The Bertz CT molecular complexity index is 1550. The molecular formula is C43H65O3PS. The van der Waals surface area contributed by atoms with Crippen LogP contribution in [0.15, 0.2) is 74.5 Å². The number of rotatable bonds is 2. The normalized spacial score (nSPS) is 23.3. The minimum absolute atomic E-state index is 0.00997. The monoisotopic (exact) mass is 692 g/mol. The van der Waals surface area contributed by atoms with Gasteiger partial charge in [0, 0.05) is 27.0 Å². The average Bonchev–Trinajstić information content (AvgIpc) is 2.87. The summed E-state index contributed by atoms with van der Waals surface area (Å²) in [5.74, 6) is 1.40. The molecule has 4 rings (SSSR count). The van der Waals surface area contributed by atoms with E-state index in [0.29, 0.717) is 5.75 Å². The van der Waals surface area contributed by atoms with Gasteiger partial charge in [0.1, 0.15) is 17.6 Å². The Balaban J connectivity index is 2.05. The third-order valence-electron chi connectivity index (χ3n) is 9.68. The molecule has 2 aliphatic carbocycles. The average molecular weight is 693 g/mol. The van der Waals surface area contributed by atoms with Gasteiger partial charge in [-0.1, -0.05) is 148 Å². The maximum Gasteiger partial charge on any atom is 0.304 e. The van der Waals surface area contributed by atoms with Gasteiger partial charge in [0.15, 0.2) is 0 Å². The van der Waals surface area contributed by atoms with Gasteiger partial charge in [-0.15, -0.1) is 0 Å². The van der Waals surface area contributed by atoms with Gasteiger partial charge in [0.25, 0.3) is 0 Å². The van der Waals surface area contributed by atoms with Gasteiger partial charge in [-0.25, -0.2) is 0 Å². The van der Waals surface area contributed by atoms with Crippen LogP contribution in [-0.2, 0) is 19.9 Å². The standard InChI is InChI=1S/C43H65O3PS/c1-38(2,3)26-19-20-29-30-22-27(39(4,5)6)23-34(42(13,14)15)36(30)45-47(46-37(31(29)21-26)43(16,17)18)48-28-24-32(40(7,8)9)35(44)33(25-28)41(10,11)12/h21-25,36,44H,19-20H2,1-18H3/b30-29-,37-31?. The van der Waals surface area contributed by atoms with E-state index in [9.17, 15) is 5.11 Å². The van der Waals surface area contributed by atoms with Crippen LogP contribution in [0.1, 0.15) is 149 Å². The maximum absolute atomic E-state index is 11.5. The van der Waals surface area contributed by atoms with E-state index in [2.05, 4.69) is 155 Å². The van der Waals surface area contributed by atoms with E-state index >= 15 is 0 Å². The molecule has 48 heavy (non-hydrogen) atoms. The van der Waals surface area contributed by atoms with Crippen LogP contribution in [0, 0.1) is 21.7 Å². The lowest BCUT2D eigenvalue weighted by molar-refractivity contribution is 0.213. The number of phenolic OH excluding ortho intramolecular Hbond substituents is 1. The highest BCUT2D eigenvalue weighted by atomic mass is 32.7. The van der Waals surface area contributed by atoms with Crippen LogP contribution >= 0.6 is 19.0 Å². The van der Waals surface area contributed by atoms with Gasteiger partial charge in [-0.2, -0.15) is 0 Å². The van der Waals surface area contributed by atoms with E-state index in [1.807, 2.05) is 0 Å². The lowest BCUT2D eigenvalue weighted by Gasteiger charge is -2.42. The fourth-order valence-corrected chi connectivity index (χ4v) is 9.73. The van der Waals surface area contributed by atoms with E-state index in [-0.39, 0.29) is 38.6 Å². The second-order valence-electron chi connectivity index (χ2n) is 20.3. The zero-order valence-corrected chi connectivity index (χ0v) is 35.2. The number of benzene rings is 1. The first-order valence-electron chi connectivity index (χ1n) is 17.8. The Kier molecular flexibility index (Phi) is 10.4. The number of hydrogen-bond donors (Lipinski definition) is 1. The second-order valence-corrected chi connectivity index (χ2v) is 23.2. The van der Waals surface area contributed by atoms with E-state index in [1.165, 1.54) is 33.4 Å². The Hall–Kier alpha value is -1.74. The molecule has 0 saturated carbocycles. The second kappa shape index (κ2) is 12.8. The molecule has 3 aliphatic rings. The number of phenols is 1. The molecule has 0 saturated heterocycles. The van der Waals surface area contributed by atoms with Crippen LogP contribution in [0.2, 0.25) is 0 Å². The molecule has 0 fully saturated rings. The molecule has 0 aromatic heterocycles. The van der Waals surface area contributed by atoms with Crippen molar-refractivity contribution in [2.24, 2.45) is 21.7 Å². The van der Waals surface area contributed by atoms with Crippen molar-refractivity contribution in [3.05, 3.63) is 80.7 Å². The van der Waals surface area contributed by atoms with E-state index in [4.69, 9.17) is 9.05 Å². The Morgan fingerprint density at radius 2 is 1.19 bits per heavy atom. The van der Waals surface area contributed by atoms with Crippen molar-refractivity contribution < 1.29 is 14.2 Å². The SMILES string of the molecule is CC(C)(C)C1=C/C2=C3\CCC(C(C)(C)C)=CC3=C(C(C)(C)C)OP(Sc3cc(C(C)(C)C)c(O)c(C(C)(C)C)c3)OC2C(C(C)(C)C)=C1. The minimum Gasteiger partial charge on any atom is -0.507 e. The van der Waals surface area contributed by atoms with E-state index in [1.54, 1.807) is 11.4 Å². The lowest BCUT2D eigenvalue weighted by Crippen LogP contribution is -2.32. The maximum atomic E-state index is 11.5. The van der Waals surface area contributed by atoms with Crippen molar-refractivity contribution in [2.75, 3.05) is 0 Å². The summed E-state index contributed by atoms with van der Waals surface area (Å²) in [6.45, 7) is 40.7. The molecule has 0 amide bonds. The minimum atomic E-state index is -1.49. The number of hydrogen-bond acceptors (Lipinski definition) is 4. The Morgan fingerprint density at radius 1 is 0.646 bits per heavy atom. The smallest absolute Gasteiger partial charge is 0.304 e. The lowest BCUT2D eigenvalue weighted by atomic mass is 9.69. The molecular weight excluding hydrogens is 628 g/mol. The quantitative estimate of drug-likeness (QED) is 0.313. The summed E-state index contributed by atoms with van der Waals surface area (Å²) in [5, 5.41) is 11.5. The van der Waals surface area contributed by atoms with Gasteiger partial charge in [-0.05, 0) is 85.7 Å². The molecule has 1 aromatic rings. The molecule has 2 unspecified atom stereocenters. The fourth-order valence-electron chi connectivity index (χ4n) is 6.62. The van der Waals surface area contributed by atoms with Crippen LogP contribution < -0.4 is 0 Å². The number of allylic oxidation sites excluding steroid dienone is 7. The predicted octanol–water partition coefficient (Wildman–Crippen LogP) is 14.0. The summed E-state index contributed by atoms with van der Waals surface area (Å²) in [6.07, 6.45) is 9.11. The number of aromatic hydroxyl groups is 1. The first-order valence-corrected chi connectivity index (χ1v) is 20.4. The molecule has 0 radical (unpaired) electrons. The number of fused-ring (bicyclic) bond motifs is 2. The highest BCUT2D eigenvalue weighted by Gasteiger charge is 2.42. The van der Waals surface area contributed by atoms with Crippen molar-refractivity contribution >= 4 is 19.0 Å². The summed E-state index contributed by atoms with van der Waals surface area (Å²) >= 11 is 1.68. The fraction of sp³-hybridized carbons (Fsp3) is 0.628. The van der Waals surface area contributed by atoms with Crippen LogP contribution in [0.5, 0.6) is 5.75 Å². The first kappa shape index (κ1) is 39.1. The Morgan fingerprint density at radius 3 is 1.62 bits per heavy atom.